The largest absolute Gasteiger partial charge is 0.318 e. The van der Waals surface area contributed by atoms with Crippen molar-refractivity contribution in [1.82, 2.24) is 10.2 Å². The highest BCUT2D eigenvalue weighted by molar-refractivity contribution is 5.89. The van der Waals surface area contributed by atoms with Crippen molar-refractivity contribution < 1.29 is 4.79 Å². The number of aryl methyl sites for hydroxylation is 1. The fourth-order valence-corrected chi connectivity index (χ4v) is 2.94. The average molecular weight is 258 g/mol. The minimum Gasteiger partial charge on any atom is -0.318 e. The van der Waals surface area contributed by atoms with Gasteiger partial charge < -0.3 is 4.90 Å². The number of carbonyl (C=O) groups excluding carboxylic acids is 1. The highest BCUT2D eigenvalue weighted by Gasteiger charge is 2.52. The van der Waals surface area contributed by atoms with Gasteiger partial charge in [0, 0.05) is 6.04 Å². The molecule has 19 heavy (non-hydrogen) atoms. The van der Waals surface area contributed by atoms with Crippen molar-refractivity contribution in [2.45, 2.75) is 57.8 Å². The molecule has 1 aromatic rings. The van der Waals surface area contributed by atoms with Gasteiger partial charge in [-0.05, 0) is 44.2 Å². The zero-order valence-corrected chi connectivity index (χ0v) is 11.9. The molecule has 0 aromatic heterocycles. The van der Waals surface area contributed by atoms with Crippen molar-refractivity contribution in [3.63, 3.8) is 0 Å². The van der Waals surface area contributed by atoms with E-state index in [2.05, 4.69) is 48.3 Å². The van der Waals surface area contributed by atoms with Crippen LogP contribution in [0.1, 0.15) is 50.4 Å². The third-order valence-corrected chi connectivity index (χ3v) is 4.57. The lowest BCUT2D eigenvalue weighted by Crippen LogP contribution is -2.43. The van der Waals surface area contributed by atoms with E-state index < -0.39 is 5.54 Å². The van der Waals surface area contributed by atoms with Crippen molar-refractivity contribution >= 4 is 5.91 Å². The van der Waals surface area contributed by atoms with Crippen molar-refractivity contribution in [3.05, 3.63) is 35.4 Å². The van der Waals surface area contributed by atoms with E-state index in [1.165, 1.54) is 11.1 Å². The molecule has 3 nitrogen and oxygen atoms in total. The monoisotopic (exact) mass is 258 g/mol. The molecule has 1 saturated heterocycles. The number of benzene rings is 1. The second-order valence-electron chi connectivity index (χ2n) is 6.03. The van der Waals surface area contributed by atoms with Crippen LogP contribution in [0, 0.1) is 6.92 Å². The summed E-state index contributed by atoms with van der Waals surface area (Å²) in [5, 5.41) is 3.57. The Labute approximate surface area is 115 Å². The minimum atomic E-state index is -0.407. The van der Waals surface area contributed by atoms with Gasteiger partial charge in [-0.25, -0.2) is 0 Å². The molecule has 1 N–H and O–H groups in total. The topological polar surface area (TPSA) is 32.3 Å². The van der Waals surface area contributed by atoms with Gasteiger partial charge >= 0.3 is 0 Å². The first-order chi connectivity index (χ1) is 9.07. The van der Waals surface area contributed by atoms with Gasteiger partial charge in [-0.2, -0.15) is 0 Å². The van der Waals surface area contributed by atoms with Crippen LogP contribution in [0.5, 0.6) is 0 Å². The van der Waals surface area contributed by atoms with Gasteiger partial charge in [-0.1, -0.05) is 31.2 Å². The molecule has 1 heterocycles. The standard InChI is InChI=1S/C16H22N2O/c1-4-16(3)15(19)18(12-9-10-12)14(17-16)13-8-6-5-7-11(13)2/h5-8,12,14,17H,4,9-10H2,1-3H3. The Morgan fingerprint density at radius 2 is 2.05 bits per heavy atom. The molecule has 1 aliphatic carbocycles. The van der Waals surface area contributed by atoms with Gasteiger partial charge in [0.2, 0.25) is 5.91 Å². The van der Waals surface area contributed by atoms with Gasteiger partial charge in [0.05, 0.1) is 5.54 Å². The predicted molar refractivity (Wildman–Crippen MR) is 75.6 cm³/mol. The first-order valence-corrected chi connectivity index (χ1v) is 7.23. The summed E-state index contributed by atoms with van der Waals surface area (Å²) in [5.74, 6) is 0.269. The van der Waals surface area contributed by atoms with Gasteiger partial charge in [0.25, 0.3) is 0 Å². The lowest BCUT2D eigenvalue weighted by molar-refractivity contribution is -0.133. The van der Waals surface area contributed by atoms with E-state index in [9.17, 15) is 4.79 Å². The zero-order valence-electron chi connectivity index (χ0n) is 11.9. The Morgan fingerprint density at radius 1 is 1.37 bits per heavy atom. The normalized spacial score (nSPS) is 31.0. The summed E-state index contributed by atoms with van der Waals surface area (Å²) in [6.07, 6.45) is 3.17. The second kappa shape index (κ2) is 4.34. The highest BCUT2D eigenvalue weighted by atomic mass is 16.2. The van der Waals surface area contributed by atoms with E-state index in [1.807, 2.05) is 6.92 Å². The molecule has 1 amide bonds. The fourth-order valence-electron chi connectivity index (χ4n) is 2.94. The van der Waals surface area contributed by atoms with E-state index >= 15 is 0 Å². The van der Waals surface area contributed by atoms with Crippen LogP contribution in [0.15, 0.2) is 24.3 Å². The molecule has 0 spiro atoms. The quantitative estimate of drug-likeness (QED) is 0.904. The van der Waals surface area contributed by atoms with Crippen LogP contribution in [-0.4, -0.2) is 22.4 Å². The Balaban J connectivity index is 2.00. The molecular formula is C16H22N2O. The van der Waals surface area contributed by atoms with E-state index in [0.717, 1.165) is 19.3 Å². The van der Waals surface area contributed by atoms with Crippen LogP contribution in [0.3, 0.4) is 0 Å². The minimum absolute atomic E-state index is 0.0474. The Kier molecular flexibility index (Phi) is 2.90. The van der Waals surface area contributed by atoms with Gasteiger partial charge in [-0.15, -0.1) is 0 Å². The number of nitrogens with zero attached hydrogens (tertiary/aromatic N) is 1. The highest BCUT2D eigenvalue weighted by Crippen LogP contribution is 2.41. The molecule has 0 bridgehead atoms. The van der Waals surface area contributed by atoms with Crippen molar-refractivity contribution in [2.75, 3.05) is 0 Å². The number of nitrogens with one attached hydrogen (secondary N) is 1. The first-order valence-electron chi connectivity index (χ1n) is 7.23. The van der Waals surface area contributed by atoms with E-state index in [1.54, 1.807) is 0 Å². The number of carbonyl (C=O) groups is 1. The third-order valence-electron chi connectivity index (χ3n) is 4.57. The molecule has 3 heteroatoms. The van der Waals surface area contributed by atoms with E-state index in [0.29, 0.717) is 6.04 Å². The molecule has 2 fully saturated rings. The molecule has 2 aliphatic rings. The number of amides is 1. The molecule has 1 aliphatic heterocycles. The predicted octanol–water partition coefficient (Wildman–Crippen LogP) is 2.76. The molecule has 1 saturated carbocycles. The summed E-state index contributed by atoms with van der Waals surface area (Å²) in [6, 6.07) is 8.81. The molecular weight excluding hydrogens is 236 g/mol. The van der Waals surface area contributed by atoms with Crippen LogP contribution in [0.4, 0.5) is 0 Å². The van der Waals surface area contributed by atoms with Gasteiger partial charge in [0.15, 0.2) is 0 Å². The fraction of sp³-hybridized carbons (Fsp3) is 0.562. The number of hydrogen-bond acceptors (Lipinski definition) is 2. The summed E-state index contributed by atoms with van der Waals surface area (Å²) >= 11 is 0. The van der Waals surface area contributed by atoms with Crippen LogP contribution < -0.4 is 5.32 Å². The van der Waals surface area contributed by atoms with E-state index in [4.69, 9.17) is 0 Å². The maximum atomic E-state index is 12.7. The molecule has 102 valence electrons. The SMILES string of the molecule is CCC1(C)NC(c2ccccc2C)N(C2CC2)C1=O. The Bertz CT molecular complexity index is 509. The molecule has 1 aromatic carbocycles. The summed E-state index contributed by atoms with van der Waals surface area (Å²) in [6.45, 7) is 6.23. The maximum Gasteiger partial charge on any atom is 0.244 e. The van der Waals surface area contributed by atoms with Crippen LogP contribution in [0.25, 0.3) is 0 Å². The van der Waals surface area contributed by atoms with Gasteiger partial charge in [0.1, 0.15) is 6.17 Å². The van der Waals surface area contributed by atoms with E-state index in [-0.39, 0.29) is 12.1 Å². The summed E-state index contributed by atoms with van der Waals surface area (Å²) < 4.78 is 0. The Morgan fingerprint density at radius 3 is 2.63 bits per heavy atom. The average Bonchev–Trinajstić information content (AvgIpc) is 3.19. The van der Waals surface area contributed by atoms with Crippen LogP contribution in [0.2, 0.25) is 0 Å². The summed E-state index contributed by atoms with van der Waals surface area (Å²) in [4.78, 5) is 14.8. The maximum absolute atomic E-state index is 12.7. The third kappa shape index (κ3) is 1.96. The summed E-state index contributed by atoms with van der Waals surface area (Å²) in [5.41, 5.74) is 2.08. The molecule has 3 rings (SSSR count). The molecule has 2 unspecified atom stereocenters. The van der Waals surface area contributed by atoms with Gasteiger partial charge in [-0.3, -0.25) is 10.1 Å². The van der Waals surface area contributed by atoms with Crippen molar-refractivity contribution in [1.29, 1.82) is 0 Å². The lowest BCUT2D eigenvalue weighted by Gasteiger charge is -2.25. The first kappa shape index (κ1) is 12.7. The Hall–Kier alpha value is -1.35. The molecule has 0 radical (unpaired) electrons. The second-order valence-corrected chi connectivity index (χ2v) is 6.03. The zero-order chi connectivity index (χ0) is 13.6. The number of hydrogen-bond donors (Lipinski definition) is 1. The lowest BCUT2D eigenvalue weighted by atomic mass is 9.99. The number of rotatable bonds is 3. The van der Waals surface area contributed by atoms with Crippen LogP contribution in [-0.2, 0) is 4.79 Å². The van der Waals surface area contributed by atoms with Crippen molar-refractivity contribution in [2.24, 2.45) is 0 Å². The smallest absolute Gasteiger partial charge is 0.244 e. The van der Waals surface area contributed by atoms with Crippen LogP contribution >= 0.6 is 0 Å². The summed E-state index contributed by atoms with van der Waals surface area (Å²) in [7, 11) is 0. The molecule has 2 atom stereocenters. The van der Waals surface area contributed by atoms with Crippen molar-refractivity contribution in [3.8, 4) is 0 Å².